The average molecular weight is 287 g/mol. The third-order valence-corrected chi connectivity index (χ3v) is 3.04. The maximum atomic E-state index is 11.9. The van der Waals surface area contributed by atoms with Gasteiger partial charge in [-0.15, -0.1) is 0 Å². The van der Waals surface area contributed by atoms with Crippen molar-refractivity contribution < 1.29 is 14.7 Å². The Bertz CT molecular complexity index is 581. The van der Waals surface area contributed by atoms with Crippen LogP contribution in [0.1, 0.15) is 24.4 Å². The number of nitrogens with zero attached hydrogens (tertiary/aromatic N) is 2. The summed E-state index contributed by atoms with van der Waals surface area (Å²) in [7, 11) is 0. The normalized spacial score (nSPS) is 11.8. The molecule has 1 aromatic carbocycles. The van der Waals surface area contributed by atoms with Crippen LogP contribution in [-0.2, 0) is 16.1 Å². The Hall–Kier alpha value is -2.63. The van der Waals surface area contributed by atoms with E-state index in [0.717, 1.165) is 0 Å². The predicted octanol–water partition coefficient (Wildman–Crippen LogP) is 1.61. The lowest BCUT2D eigenvalue weighted by Gasteiger charge is -2.14. The van der Waals surface area contributed by atoms with Crippen LogP contribution >= 0.6 is 0 Å². The van der Waals surface area contributed by atoms with E-state index >= 15 is 0 Å². The molecule has 2 rings (SSSR count). The van der Waals surface area contributed by atoms with Gasteiger partial charge in [0.2, 0.25) is 5.91 Å². The first-order valence-electron chi connectivity index (χ1n) is 6.71. The quantitative estimate of drug-likeness (QED) is 0.810. The highest BCUT2D eigenvalue weighted by atomic mass is 16.4. The minimum atomic E-state index is -1.07. The van der Waals surface area contributed by atoms with Crippen molar-refractivity contribution in [2.24, 2.45) is 0 Å². The number of carbonyl (C=O) groups excluding carboxylic acids is 1. The molecule has 1 heterocycles. The predicted molar refractivity (Wildman–Crippen MR) is 76.4 cm³/mol. The van der Waals surface area contributed by atoms with Crippen LogP contribution in [0.4, 0.5) is 0 Å². The summed E-state index contributed by atoms with van der Waals surface area (Å²) in [4.78, 5) is 23.1. The second-order valence-electron chi connectivity index (χ2n) is 4.62. The van der Waals surface area contributed by atoms with E-state index in [1.807, 2.05) is 12.3 Å². The van der Waals surface area contributed by atoms with Gasteiger partial charge in [-0.1, -0.05) is 30.3 Å². The highest BCUT2D eigenvalue weighted by molar-refractivity contribution is 5.84. The average Bonchev–Trinajstić information content (AvgIpc) is 2.98. The number of carbonyl (C=O) groups is 2. The highest BCUT2D eigenvalue weighted by Gasteiger charge is 2.21. The van der Waals surface area contributed by atoms with Crippen molar-refractivity contribution in [1.82, 2.24) is 15.1 Å². The van der Waals surface area contributed by atoms with Crippen LogP contribution in [0.3, 0.4) is 0 Å². The van der Waals surface area contributed by atoms with Gasteiger partial charge in [-0.2, -0.15) is 5.10 Å². The zero-order chi connectivity index (χ0) is 15.1. The third kappa shape index (κ3) is 4.45. The molecule has 0 saturated heterocycles. The molecule has 2 N–H and O–H groups in total. The summed E-state index contributed by atoms with van der Waals surface area (Å²) in [6, 6.07) is 9.46. The van der Waals surface area contributed by atoms with E-state index < -0.39 is 12.0 Å². The number of hydrogen-bond acceptors (Lipinski definition) is 3. The molecule has 6 heteroatoms. The third-order valence-electron chi connectivity index (χ3n) is 3.04. The van der Waals surface area contributed by atoms with Crippen LogP contribution in [0.5, 0.6) is 0 Å². The second-order valence-corrected chi connectivity index (χ2v) is 4.62. The van der Waals surface area contributed by atoms with Gasteiger partial charge in [0.25, 0.3) is 0 Å². The largest absolute Gasteiger partial charge is 0.479 e. The summed E-state index contributed by atoms with van der Waals surface area (Å²) in [5, 5.41) is 15.8. The molecule has 0 unspecified atom stereocenters. The summed E-state index contributed by atoms with van der Waals surface area (Å²) < 4.78 is 1.74. The van der Waals surface area contributed by atoms with Crippen molar-refractivity contribution in [3.63, 3.8) is 0 Å². The minimum absolute atomic E-state index is 0.260. The fourth-order valence-corrected chi connectivity index (χ4v) is 2.00. The van der Waals surface area contributed by atoms with Gasteiger partial charge in [0.1, 0.15) is 0 Å². The van der Waals surface area contributed by atoms with Gasteiger partial charge < -0.3 is 10.4 Å². The van der Waals surface area contributed by atoms with Crippen molar-refractivity contribution in [2.75, 3.05) is 0 Å². The van der Waals surface area contributed by atoms with Crippen LogP contribution in [0.15, 0.2) is 48.8 Å². The van der Waals surface area contributed by atoms with Gasteiger partial charge in [0, 0.05) is 25.4 Å². The summed E-state index contributed by atoms with van der Waals surface area (Å²) in [5.74, 6) is -1.35. The van der Waals surface area contributed by atoms with Crippen LogP contribution in [0.2, 0.25) is 0 Å². The first-order chi connectivity index (χ1) is 10.2. The number of carboxylic acids is 1. The zero-order valence-electron chi connectivity index (χ0n) is 11.5. The lowest BCUT2D eigenvalue weighted by Crippen LogP contribution is -2.33. The Kier molecular flexibility index (Phi) is 5.09. The molecule has 0 aliphatic rings. The van der Waals surface area contributed by atoms with Gasteiger partial charge in [0.15, 0.2) is 6.04 Å². The first kappa shape index (κ1) is 14.8. The van der Waals surface area contributed by atoms with Gasteiger partial charge in [-0.05, 0) is 18.1 Å². The topological polar surface area (TPSA) is 84.2 Å². The standard InChI is InChI=1S/C15H17N3O3/c19-13(8-4-10-18-11-5-9-16-18)17-14(15(20)21)12-6-2-1-3-7-12/h1-3,5-7,9,11,14H,4,8,10H2,(H,17,19)(H,20,21)/t14-/m1/s1. The Labute approximate surface area is 122 Å². The van der Waals surface area contributed by atoms with E-state index in [9.17, 15) is 14.7 Å². The monoisotopic (exact) mass is 287 g/mol. The molecule has 21 heavy (non-hydrogen) atoms. The number of carboxylic acid groups (broad SMARTS) is 1. The molecule has 6 nitrogen and oxygen atoms in total. The van der Waals surface area contributed by atoms with E-state index in [2.05, 4.69) is 10.4 Å². The SMILES string of the molecule is O=C(CCCn1cccn1)N[C@@H](C(=O)O)c1ccccc1. The first-order valence-corrected chi connectivity index (χ1v) is 6.71. The Morgan fingerprint density at radius 3 is 2.62 bits per heavy atom. The maximum Gasteiger partial charge on any atom is 0.330 e. The van der Waals surface area contributed by atoms with Crippen LogP contribution in [-0.4, -0.2) is 26.8 Å². The Balaban J connectivity index is 1.85. The molecule has 1 atom stereocenters. The molecular formula is C15H17N3O3. The van der Waals surface area contributed by atoms with Crippen molar-refractivity contribution in [3.05, 3.63) is 54.4 Å². The summed E-state index contributed by atoms with van der Waals surface area (Å²) >= 11 is 0. The summed E-state index contributed by atoms with van der Waals surface area (Å²) in [6.45, 7) is 0.628. The molecule has 0 fully saturated rings. The number of aryl methyl sites for hydroxylation is 1. The van der Waals surface area contributed by atoms with E-state index in [-0.39, 0.29) is 12.3 Å². The number of aliphatic carboxylic acids is 1. The fraction of sp³-hybridized carbons (Fsp3) is 0.267. The van der Waals surface area contributed by atoms with Crippen molar-refractivity contribution in [1.29, 1.82) is 0 Å². The zero-order valence-corrected chi connectivity index (χ0v) is 11.5. The van der Waals surface area contributed by atoms with Crippen LogP contribution < -0.4 is 5.32 Å². The van der Waals surface area contributed by atoms with E-state index in [0.29, 0.717) is 18.5 Å². The summed E-state index contributed by atoms with van der Waals surface area (Å²) in [5.41, 5.74) is 0.561. The van der Waals surface area contributed by atoms with E-state index in [1.54, 1.807) is 41.2 Å². The molecule has 110 valence electrons. The van der Waals surface area contributed by atoms with E-state index in [1.165, 1.54) is 0 Å². The van der Waals surface area contributed by atoms with Gasteiger partial charge in [-0.3, -0.25) is 9.48 Å². The van der Waals surface area contributed by atoms with Gasteiger partial charge >= 0.3 is 5.97 Å². The lowest BCUT2D eigenvalue weighted by atomic mass is 10.1. The minimum Gasteiger partial charge on any atom is -0.479 e. The summed E-state index contributed by atoms with van der Waals surface area (Å²) in [6.07, 6.45) is 4.36. The second kappa shape index (κ2) is 7.23. The molecule has 0 aliphatic heterocycles. The number of rotatable bonds is 7. The van der Waals surface area contributed by atoms with Crippen molar-refractivity contribution >= 4 is 11.9 Å². The number of amides is 1. The lowest BCUT2D eigenvalue weighted by molar-refractivity contribution is -0.142. The molecule has 1 aromatic heterocycles. The molecule has 0 radical (unpaired) electrons. The Morgan fingerprint density at radius 1 is 1.24 bits per heavy atom. The van der Waals surface area contributed by atoms with Crippen LogP contribution in [0.25, 0.3) is 0 Å². The van der Waals surface area contributed by atoms with E-state index in [4.69, 9.17) is 0 Å². The van der Waals surface area contributed by atoms with Crippen molar-refractivity contribution in [2.45, 2.75) is 25.4 Å². The van der Waals surface area contributed by atoms with Crippen LogP contribution in [0, 0.1) is 0 Å². The molecule has 0 bridgehead atoms. The molecule has 0 aliphatic carbocycles. The number of hydrogen-bond donors (Lipinski definition) is 2. The number of nitrogens with one attached hydrogen (secondary N) is 1. The van der Waals surface area contributed by atoms with Crippen molar-refractivity contribution in [3.8, 4) is 0 Å². The fourth-order valence-electron chi connectivity index (χ4n) is 2.00. The number of aromatic nitrogens is 2. The molecular weight excluding hydrogens is 270 g/mol. The molecule has 1 amide bonds. The molecule has 0 spiro atoms. The molecule has 0 saturated carbocycles. The highest BCUT2D eigenvalue weighted by Crippen LogP contribution is 2.13. The van der Waals surface area contributed by atoms with Gasteiger partial charge in [-0.25, -0.2) is 4.79 Å². The molecule has 2 aromatic rings. The van der Waals surface area contributed by atoms with Gasteiger partial charge in [0.05, 0.1) is 0 Å². The maximum absolute atomic E-state index is 11.9. The smallest absolute Gasteiger partial charge is 0.330 e. The Morgan fingerprint density at radius 2 is 2.00 bits per heavy atom. The number of benzene rings is 1.